The molecule has 0 aromatic rings. The van der Waals surface area contributed by atoms with Crippen LogP contribution in [0, 0.1) is 0 Å². The van der Waals surface area contributed by atoms with Gasteiger partial charge < -0.3 is 5.32 Å². The van der Waals surface area contributed by atoms with Gasteiger partial charge in [0.25, 0.3) is 0 Å². The molecule has 0 aromatic carbocycles. The predicted octanol–water partition coefficient (Wildman–Crippen LogP) is 1.69. The second-order valence-electron chi connectivity index (χ2n) is 3.00. The van der Waals surface area contributed by atoms with Gasteiger partial charge in [-0.25, -0.2) is 0 Å². The van der Waals surface area contributed by atoms with Gasteiger partial charge in [0, 0.05) is 26.2 Å². The van der Waals surface area contributed by atoms with Crippen LogP contribution in [0.1, 0.15) is 6.92 Å². The molecule has 1 aliphatic rings. The summed E-state index contributed by atoms with van der Waals surface area (Å²) in [6.07, 6.45) is -4.09. The molecule has 0 radical (unpaired) electrons. The van der Waals surface area contributed by atoms with E-state index in [-0.39, 0.29) is 24.8 Å². The summed E-state index contributed by atoms with van der Waals surface area (Å²) in [5, 5.41) is 3.01. The number of hydrogen-bond acceptors (Lipinski definition) is 2. The van der Waals surface area contributed by atoms with Gasteiger partial charge in [-0.2, -0.15) is 13.2 Å². The Hall–Kier alpha value is 0.290. The lowest BCUT2D eigenvalue weighted by molar-refractivity contribution is -0.179. The van der Waals surface area contributed by atoms with E-state index in [9.17, 15) is 13.2 Å². The highest BCUT2D eigenvalue weighted by Crippen LogP contribution is 2.24. The Morgan fingerprint density at radius 2 is 1.57 bits per heavy atom. The molecule has 14 heavy (non-hydrogen) atoms. The first-order chi connectivity index (χ1) is 5.52. The third-order valence-corrected chi connectivity index (χ3v) is 2.17. The van der Waals surface area contributed by atoms with Crippen molar-refractivity contribution in [2.45, 2.75) is 19.1 Å². The van der Waals surface area contributed by atoms with Gasteiger partial charge in [-0.1, -0.05) is 0 Å². The predicted molar refractivity (Wildman–Crippen MR) is 54.5 cm³/mol. The molecule has 0 saturated carbocycles. The van der Waals surface area contributed by atoms with Crippen LogP contribution in [-0.2, 0) is 0 Å². The molecule has 0 bridgehead atoms. The van der Waals surface area contributed by atoms with E-state index in [2.05, 4.69) is 5.32 Å². The van der Waals surface area contributed by atoms with Crippen molar-refractivity contribution in [3.8, 4) is 0 Å². The number of rotatable bonds is 1. The van der Waals surface area contributed by atoms with Crippen molar-refractivity contribution in [2.75, 3.05) is 26.2 Å². The van der Waals surface area contributed by atoms with Crippen LogP contribution in [0.25, 0.3) is 0 Å². The molecule has 1 unspecified atom stereocenters. The summed E-state index contributed by atoms with van der Waals surface area (Å²) in [5.74, 6) is 0. The summed E-state index contributed by atoms with van der Waals surface area (Å²) in [4.78, 5) is 1.45. The normalized spacial score (nSPS) is 20.6. The van der Waals surface area contributed by atoms with Gasteiger partial charge >= 0.3 is 6.18 Å². The Balaban J connectivity index is 0. The average Bonchev–Trinajstić information content (AvgIpc) is 2.03. The average molecular weight is 255 g/mol. The summed E-state index contributed by atoms with van der Waals surface area (Å²) in [6.45, 7) is 3.49. The molecule has 1 fully saturated rings. The molecular weight excluding hydrogens is 240 g/mol. The first kappa shape index (κ1) is 16.7. The van der Waals surface area contributed by atoms with E-state index in [1.807, 2.05) is 0 Å². The first-order valence-electron chi connectivity index (χ1n) is 4.03. The van der Waals surface area contributed by atoms with Crippen molar-refractivity contribution in [1.29, 1.82) is 0 Å². The maximum atomic E-state index is 12.2. The van der Waals surface area contributed by atoms with Crippen molar-refractivity contribution in [2.24, 2.45) is 0 Å². The van der Waals surface area contributed by atoms with Gasteiger partial charge in [-0.3, -0.25) is 4.90 Å². The molecule has 1 heterocycles. The second kappa shape index (κ2) is 6.71. The molecule has 1 N–H and O–H groups in total. The van der Waals surface area contributed by atoms with Crippen LogP contribution in [0.15, 0.2) is 0 Å². The molecule has 0 amide bonds. The van der Waals surface area contributed by atoms with E-state index in [0.717, 1.165) is 0 Å². The molecule has 88 valence electrons. The van der Waals surface area contributed by atoms with Crippen LogP contribution in [0.5, 0.6) is 0 Å². The molecule has 1 rings (SSSR count). The lowest BCUT2D eigenvalue weighted by Gasteiger charge is -2.33. The third kappa shape index (κ3) is 4.68. The highest BCUT2D eigenvalue weighted by Gasteiger charge is 2.40. The quantitative estimate of drug-likeness (QED) is 0.767. The first-order valence-corrected chi connectivity index (χ1v) is 4.03. The molecule has 0 aliphatic carbocycles. The zero-order valence-corrected chi connectivity index (χ0v) is 9.44. The molecule has 0 aromatic heterocycles. The number of nitrogens with zero attached hydrogens (tertiary/aromatic N) is 1. The van der Waals surface area contributed by atoms with Crippen LogP contribution in [-0.4, -0.2) is 43.3 Å². The fourth-order valence-electron chi connectivity index (χ4n) is 1.28. The van der Waals surface area contributed by atoms with Crippen LogP contribution >= 0.6 is 24.8 Å². The third-order valence-electron chi connectivity index (χ3n) is 2.17. The van der Waals surface area contributed by atoms with Crippen molar-refractivity contribution >= 4 is 24.8 Å². The van der Waals surface area contributed by atoms with Gasteiger partial charge in [-0.05, 0) is 6.92 Å². The topological polar surface area (TPSA) is 15.3 Å². The molecule has 0 spiro atoms. The van der Waals surface area contributed by atoms with E-state index in [1.54, 1.807) is 0 Å². The Labute approximate surface area is 94.0 Å². The minimum atomic E-state index is -4.09. The lowest BCUT2D eigenvalue weighted by Crippen LogP contribution is -2.52. The van der Waals surface area contributed by atoms with E-state index in [0.29, 0.717) is 26.2 Å². The number of nitrogens with one attached hydrogen (secondary N) is 1. The highest BCUT2D eigenvalue weighted by molar-refractivity contribution is 5.85. The molecular formula is C7H15Cl2F3N2. The fourth-order valence-corrected chi connectivity index (χ4v) is 1.28. The maximum absolute atomic E-state index is 12.2. The molecule has 1 atom stereocenters. The zero-order valence-electron chi connectivity index (χ0n) is 7.80. The van der Waals surface area contributed by atoms with Crippen molar-refractivity contribution < 1.29 is 13.2 Å². The largest absolute Gasteiger partial charge is 0.403 e. The minimum absolute atomic E-state index is 0. The Kier molecular flexibility index (Phi) is 8.01. The van der Waals surface area contributed by atoms with Crippen molar-refractivity contribution in [3.63, 3.8) is 0 Å². The summed E-state index contributed by atoms with van der Waals surface area (Å²) in [7, 11) is 0. The monoisotopic (exact) mass is 254 g/mol. The van der Waals surface area contributed by atoms with Crippen molar-refractivity contribution in [1.82, 2.24) is 10.2 Å². The van der Waals surface area contributed by atoms with E-state index >= 15 is 0 Å². The van der Waals surface area contributed by atoms with E-state index in [4.69, 9.17) is 0 Å². The maximum Gasteiger partial charge on any atom is 0.403 e. The molecule has 1 saturated heterocycles. The molecule has 1 aliphatic heterocycles. The van der Waals surface area contributed by atoms with Crippen LogP contribution in [0.2, 0.25) is 0 Å². The minimum Gasteiger partial charge on any atom is -0.314 e. The number of alkyl halides is 3. The number of piperazine rings is 1. The zero-order chi connectivity index (χ0) is 9.19. The Morgan fingerprint density at radius 3 is 1.93 bits per heavy atom. The van der Waals surface area contributed by atoms with E-state index < -0.39 is 12.2 Å². The van der Waals surface area contributed by atoms with Gasteiger partial charge in [0.05, 0.1) is 0 Å². The van der Waals surface area contributed by atoms with Crippen LogP contribution in [0.4, 0.5) is 13.2 Å². The second-order valence-corrected chi connectivity index (χ2v) is 3.00. The SMILES string of the molecule is CC(N1CCNCC1)C(F)(F)F.Cl.Cl. The highest BCUT2D eigenvalue weighted by atomic mass is 35.5. The van der Waals surface area contributed by atoms with Gasteiger partial charge in [0.15, 0.2) is 0 Å². The molecule has 2 nitrogen and oxygen atoms in total. The Morgan fingerprint density at radius 1 is 1.14 bits per heavy atom. The van der Waals surface area contributed by atoms with Crippen LogP contribution in [0.3, 0.4) is 0 Å². The van der Waals surface area contributed by atoms with E-state index in [1.165, 1.54) is 11.8 Å². The standard InChI is InChI=1S/C7H13F3N2.2ClH/c1-6(7(8,9)10)12-4-2-11-3-5-12;;/h6,11H,2-5H2,1H3;2*1H. The number of hydrogen-bond donors (Lipinski definition) is 1. The molecule has 7 heteroatoms. The van der Waals surface area contributed by atoms with Crippen molar-refractivity contribution in [3.05, 3.63) is 0 Å². The number of halogens is 5. The van der Waals surface area contributed by atoms with Crippen LogP contribution < -0.4 is 5.32 Å². The summed E-state index contributed by atoms with van der Waals surface area (Å²) >= 11 is 0. The summed E-state index contributed by atoms with van der Waals surface area (Å²) in [6, 6.07) is -1.31. The van der Waals surface area contributed by atoms with Gasteiger partial charge in [0.1, 0.15) is 6.04 Å². The van der Waals surface area contributed by atoms with Gasteiger partial charge in [0.2, 0.25) is 0 Å². The van der Waals surface area contributed by atoms with Gasteiger partial charge in [-0.15, -0.1) is 24.8 Å². The fraction of sp³-hybridized carbons (Fsp3) is 1.00. The Bertz CT molecular complexity index is 148. The smallest absolute Gasteiger partial charge is 0.314 e. The summed E-state index contributed by atoms with van der Waals surface area (Å²) < 4.78 is 36.5. The summed E-state index contributed by atoms with van der Waals surface area (Å²) in [5.41, 5.74) is 0. The lowest BCUT2D eigenvalue weighted by atomic mass is 10.2.